The van der Waals surface area contributed by atoms with Crippen LogP contribution in [0.25, 0.3) is 0 Å². The number of hydrogen-bond acceptors (Lipinski definition) is 4. The number of halogens is 2. The maximum atomic E-state index is 13.8. The van der Waals surface area contributed by atoms with Crippen molar-refractivity contribution < 1.29 is 18.7 Å². The van der Waals surface area contributed by atoms with Gasteiger partial charge in [-0.1, -0.05) is 23.2 Å². The number of ether oxygens (including phenoxy) is 1. The molecule has 0 atom stereocenters. The molecule has 27 heavy (non-hydrogen) atoms. The Morgan fingerprint density at radius 2 is 1.59 bits per heavy atom. The van der Waals surface area contributed by atoms with Gasteiger partial charge in [0.25, 0.3) is 0 Å². The van der Waals surface area contributed by atoms with E-state index in [1.54, 1.807) is 54.5 Å². The van der Waals surface area contributed by atoms with Gasteiger partial charge in [-0.2, -0.15) is 0 Å². The highest BCUT2D eigenvalue weighted by molar-refractivity contribution is 6.30. The van der Waals surface area contributed by atoms with Crippen LogP contribution in [0.3, 0.4) is 0 Å². The van der Waals surface area contributed by atoms with E-state index in [0.29, 0.717) is 17.0 Å². The van der Waals surface area contributed by atoms with Crippen molar-refractivity contribution in [1.29, 1.82) is 0 Å². The molecule has 1 aliphatic heterocycles. The molecule has 0 aromatic heterocycles. The van der Waals surface area contributed by atoms with Gasteiger partial charge in [-0.25, -0.2) is 4.39 Å². The van der Waals surface area contributed by atoms with Crippen molar-refractivity contribution in [3.63, 3.8) is 0 Å². The highest BCUT2D eigenvalue weighted by atomic mass is 35.5. The van der Waals surface area contributed by atoms with Crippen LogP contribution in [0.1, 0.15) is 54.0 Å². The summed E-state index contributed by atoms with van der Waals surface area (Å²) >= 11 is 5.74. The molecule has 0 radical (unpaired) electrons. The van der Waals surface area contributed by atoms with Crippen LogP contribution in [-0.4, -0.2) is 28.5 Å². The quantitative estimate of drug-likeness (QED) is 0.540. The van der Waals surface area contributed by atoms with Crippen LogP contribution < -0.4 is 0 Å². The van der Waals surface area contributed by atoms with E-state index in [4.69, 9.17) is 16.3 Å². The molecule has 6 heteroatoms. The lowest BCUT2D eigenvalue weighted by Gasteiger charge is -2.42. The summed E-state index contributed by atoms with van der Waals surface area (Å²) in [5.74, 6) is -2.24. The number of Topliss-reactive ketones (excluding diaryl/α,β-unsaturated/α-hetero) is 2. The fraction of sp³-hybridized carbons (Fsp3) is 0.476. The maximum absolute atomic E-state index is 13.8. The van der Waals surface area contributed by atoms with E-state index < -0.39 is 22.9 Å². The molecule has 1 saturated heterocycles. The molecule has 0 saturated carbocycles. The number of nitrogens with zero attached hydrogens (tertiary/aromatic N) is 1. The second kappa shape index (κ2) is 7.28. The van der Waals surface area contributed by atoms with Gasteiger partial charge in [0.15, 0.2) is 11.6 Å². The zero-order chi connectivity index (χ0) is 20.7. The molecule has 0 amide bonds. The van der Waals surface area contributed by atoms with Gasteiger partial charge < -0.3 is 4.74 Å². The Labute approximate surface area is 164 Å². The summed E-state index contributed by atoms with van der Waals surface area (Å²) < 4.78 is 19.5. The summed E-state index contributed by atoms with van der Waals surface area (Å²) in [5.41, 5.74) is -0.0890. The Hall–Kier alpha value is -1.85. The van der Waals surface area contributed by atoms with E-state index in [1.807, 2.05) is 0 Å². The number of carbonyl (C=O) groups is 2. The number of hydrogen-bond donors (Lipinski definition) is 0. The molecule has 146 valence electrons. The minimum Gasteiger partial charge on any atom is -0.354 e. The lowest BCUT2D eigenvalue weighted by molar-refractivity contribution is -0.187. The zero-order valence-corrected chi connectivity index (χ0v) is 17.5. The molecular weight excluding hydrogens is 369 g/mol. The Kier molecular flexibility index (Phi) is 5.79. The topological polar surface area (TPSA) is 55.7 Å². The first-order valence-electron chi connectivity index (χ1n) is 8.75. The second-order valence-electron chi connectivity index (χ2n) is 8.00. The molecule has 1 aromatic rings. The van der Waals surface area contributed by atoms with Gasteiger partial charge in [0, 0.05) is 5.71 Å². The molecule has 1 aromatic carbocycles. The highest BCUT2D eigenvalue weighted by Gasteiger charge is 2.53. The second-order valence-corrected chi connectivity index (χ2v) is 8.40. The van der Waals surface area contributed by atoms with E-state index in [0.717, 1.165) is 5.57 Å². The Morgan fingerprint density at radius 1 is 1.07 bits per heavy atom. The van der Waals surface area contributed by atoms with Crippen LogP contribution in [0.4, 0.5) is 4.39 Å². The molecule has 1 fully saturated rings. The third-order valence-corrected chi connectivity index (χ3v) is 4.94. The zero-order valence-electron chi connectivity index (χ0n) is 16.7. The molecule has 0 unspecified atom stereocenters. The molecule has 1 aliphatic rings. The van der Waals surface area contributed by atoms with Crippen molar-refractivity contribution in [3.8, 4) is 0 Å². The van der Waals surface area contributed by atoms with Gasteiger partial charge >= 0.3 is 0 Å². The summed E-state index contributed by atoms with van der Waals surface area (Å²) in [5, 5.41) is 0.0206. The van der Waals surface area contributed by atoms with Gasteiger partial charge in [0.05, 0.1) is 10.7 Å². The first-order valence-corrected chi connectivity index (χ1v) is 9.12. The van der Waals surface area contributed by atoms with Gasteiger partial charge in [-0.05, 0) is 66.2 Å². The predicted octanol–water partition coefficient (Wildman–Crippen LogP) is 4.92. The van der Waals surface area contributed by atoms with Crippen LogP contribution in [-0.2, 0) is 14.3 Å². The van der Waals surface area contributed by atoms with Crippen molar-refractivity contribution in [2.45, 2.75) is 59.7 Å². The smallest absolute Gasteiger partial charge is 0.180 e. The fourth-order valence-electron chi connectivity index (χ4n) is 3.23. The number of benzene rings is 1. The Balaban J connectivity index is 2.57. The number of carbonyl (C=O) groups excluding carboxylic acids is 2. The number of allylic oxidation sites excluding steroid dienone is 2. The highest BCUT2D eigenvalue weighted by Crippen LogP contribution is 2.38. The van der Waals surface area contributed by atoms with Crippen LogP contribution in [0, 0.1) is 11.7 Å². The van der Waals surface area contributed by atoms with Crippen LogP contribution in [0.2, 0.25) is 5.02 Å². The molecule has 0 spiro atoms. The molecule has 4 nitrogen and oxygen atoms in total. The summed E-state index contributed by atoms with van der Waals surface area (Å²) in [4.78, 5) is 30.5. The van der Waals surface area contributed by atoms with Crippen LogP contribution in [0.15, 0.2) is 34.5 Å². The summed E-state index contributed by atoms with van der Waals surface area (Å²) in [6.45, 7) is 11.9. The van der Waals surface area contributed by atoms with Crippen molar-refractivity contribution in [2.24, 2.45) is 10.9 Å². The minimum atomic E-state index is -1.11. The molecule has 2 rings (SSSR count). The monoisotopic (exact) mass is 393 g/mol. The van der Waals surface area contributed by atoms with E-state index in [2.05, 4.69) is 4.99 Å². The lowest BCUT2D eigenvalue weighted by Crippen LogP contribution is -2.59. The Morgan fingerprint density at radius 3 is 2.04 bits per heavy atom. The van der Waals surface area contributed by atoms with Crippen molar-refractivity contribution >= 4 is 28.9 Å². The van der Waals surface area contributed by atoms with Crippen molar-refractivity contribution in [1.82, 2.24) is 0 Å². The molecule has 0 bridgehead atoms. The van der Waals surface area contributed by atoms with Crippen molar-refractivity contribution in [3.05, 3.63) is 45.9 Å². The summed E-state index contributed by atoms with van der Waals surface area (Å²) in [6, 6.07) is 4.38. The first-order chi connectivity index (χ1) is 12.3. The van der Waals surface area contributed by atoms with Crippen molar-refractivity contribution in [2.75, 3.05) is 0 Å². The van der Waals surface area contributed by atoms with Gasteiger partial charge in [-0.3, -0.25) is 14.6 Å². The number of ketones is 2. The minimum absolute atomic E-state index is 0.0206. The predicted molar refractivity (Wildman–Crippen MR) is 105 cm³/mol. The van der Waals surface area contributed by atoms with Crippen LogP contribution in [0.5, 0.6) is 0 Å². The van der Waals surface area contributed by atoms with E-state index in [-0.39, 0.29) is 16.6 Å². The standard InChI is InChI=1S/C21H25ClFNO3/c1-11(2)17(24-12(3)13-8-9-14(22)15(23)10-13)16-18(25)20(4,5)27-21(6,7)19(16)26/h8-10,16H,1-7H3. The summed E-state index contributed by atoms with van der Waals surface area (Å²) in [6.07, 6.45) is 0. The molecular formula is C21H25ClFNO3. The Bertz CT molecular complexity index is 838. The lowest BCUT2D eigenvalue weighted by atomic mass is 9.76. The molecule has 0 N–H and O–H groups in total. The van der Waals surface area contributed by atoms with Crippen LogP contribution >= 0.6 is 11.6 Å². The maximum Gasteiger partial charge on any atom is 0.180 e. The normalized spacial score (nSPS) is 20.0. The van der Waals surface area contributed by atoms with E-state index in [9.17, 15) is 14.0 Å². The van der Waals surface area contributed by atoms with Gasteiger partial charge in [0.2, 0.25) is 0 Å². The SMILES string of the molecule is CC(=NC(=C(C)C)C1C(=O)C(C)(C)OC(C)(C)C1=O)c1ccc(Cl)c(F)c1. The van der Waals surface area contributed by atoms with Gasteiger partial charge in [-0.15, -0.1) is 0 Å². The average Bonchev–Trinajstić information content (AvgIpc) is 2.53. The van der Waals surface area contributed by atoms with E-state index >= 15 is 0 Å². The fourth-order valence-corrected chi connectivity index (χ4v) is 3.35. The average molecular weight is 394 g/mol. The van der Waals surface area contributed by atoms with E-state index in [1.165, 1.54) is 12.1 Å². The largest absolute Gasteiger partial charge is 0.354 e. The third kappa shape index (κ3) is 4.19. The summed E-state index contributed by atoms with van der Waals surface area (Å²) in [7, 11) is 0. The number of rotatable bonds is 3. The molecule has 0 aliphatic carbocycles. The van der Waals surface area contributed by atoms with Gasteiger partial charge in [0.1, 0.15) is 22.9 Å². The first kappa shape index (κ1) is 21.5. The molecule has 1 heterocycles. The number of aliphatic imine (C=N–C) groups is 1. The third-order valence-electron chi connectivity index (χ3n) is 4.63.